The molecule has 2 aromatic rings. The molecule has 0 saturated carbocycles. The van der Waals surface area contributed by atoms with Crippen molar-refractivity contribution >= 4 is 15.7 Å². The zero-order valence-electron chi connectivity index (χ0n) is 12.0. The molecule has 22 heavy (non-hydrogen) atoms. The van der Waals surface area contributed by atoms with Crippen LogP contribution in [0.5, 0.6) is 0 Å². The van der Waals surface area contributed by atoms with Gasteiger partial charge in [-0.25, -0.2) is 8.42 Å². The molecular formula is C17H16N2O2S. The Bertz CT molecular complexity index is 851. The molecule has 0 unspecified atom stereocenters. The van der Waals surface area contributed by atoms with Crippen LogP contribution in [-0.2, 0) is 22.9 Å². The van der Waals surface area contributed by atoms with Crippen molar-refractivity contribution in [2.45, 2.75) is 30.6 Å². The summed E-state index contributed by atoms with van der Waals surface area (Å²) >= 11 is 0. The second kappa shape index (κ2) is 5.82. The van der Waals surface area contributed by atoms with Gasteiger partial charge in [0.1, 0.15) is 0 Å². The normalized spacial score (nSPS) is 14.0. The van der Waals surface area contributed by atoms with E-state index in [1.54, 1.807) is 18.2 Å². The molecule has 0 aliphatic heterocycles. The van der Waals surface area contributed by atoms with Crippen molar-refractivity contribution in [2.75, 3.05) is 4.72 Å². The van der Waals surface area contributed by atoms with Crippen LogP contribution in [0.3, 0.4) is 0 Å². The van der Waals surface area contributed by atoms with Crippen LogP contribution in [0.4, 0.5) is 5.69 Å². The van der Waals surface area contributed by atoms with E-state index in [1.165, 1.54) is 17.7 Å². The van der Waals surface area contributed by atoms with Gasteiger partial charge in [0, 0.05) is 0 Å². The maximum absolute atomic E-state index is 12.5. The van der Waals surface area contributed by atoms with Crippen LogP contribution in [-0.4, -0.2) is 8.42 Å². The Morgan fingerprint density at radius 3 is 2.64 bits per heavy atom. The van der Waals surface area contributed by atoms with Crippen molar-refractivity contribution in [1.82, 2.24) is 0 Å². The first-order valence-electron chi connectivity index (χ1n) is 7.24. The molecule has 0 heterocycles. The first-order chi connectivity index (χ1) is 10.6. The zero-order valence-corrected chi connectivity index (χ0v) is 12.9. The van der Waals surface area contributed by atoms with Gasteiger partial charge in [-0.2, -0.15) is 5.26 Å². The number of aryl methyl sites for hydroxylation is 1. The van der Waals surface area contributed by atoms with E-state index in [1.807, 2.05) is 12.1 Å². The summed E-state index contributed by atoms with van der Waals surface area (Å²) in [5.41, 5.74) is 3.29. The fraction of sp³-hybridized carbons (Fsp3) is 0.235. The molecule has 3 rings (SSSR count). The van der Waals surface area contributed by atoms with Gasteiger partial charge in [0.2, 0.25) is 0 Å². The fourth-order valence-electron chi connectivity index (χ4n) is 2.81. The van der Waals surface area contributed by atoms with E-state index >= 15 is 0 Å². The lowest BCUT2D eigenvalue weighted by molar-refractivity contribution is 0.601. The topological polar surface area (TPSA) is 70.0 Å². The lowest BCUT2D eigenvalue weighted by atomic mass is 9.91. The largest absolute Gasteiger partial charge is 0.279 e. The van der Waals surface area contributed by atoms with Crippen LogP contribution >= 0.6 is 0 Å². The molecule has 0 fully saturated rings. The summed E-state index contributed by atoms with van der Waals surface area (Å²) in [5.74, 6) is 0. The molecular weight excluding hydrogens is 296 g/mol. The van der Waals surface area contributed by atoms with Crippen molar-refractivity contribution in [2.24, 2.45) is 0 Å². The lowest BCUT2D eigenvalue weighted by Crippen LogP contribution is -2.16. The molecule has 112 valence electrons. The number of nitriles is 1. The Labute approximate surface area is 130 Å². The molecule has 4 nitrogen and oxygen atoms in total. The predicted molar refractivity (Wildman–Crippen MR) is 85.0 cm³/mol. The van der Waals surface area contributed by atoms with E-state index in [2.05, 4.69) is 10.8 Å². The number of hydrogen-bond donors (Lipinski definition) is 1. The van der Waals surface area contributed by atoms with E-state index < -0.39 is 10.0 Å². The Balaban J connectivity index is 1.97. The smallest absolute Gasteiger partial charge is 0.261 e. The van der Waals surface area contributed by atoms with Crippen molar-refractivity contribution < 1.29 is 8.42 Å². The van der Waals surface area contributed by atoms with Gasteiger partial charge in [-0.15, -0.1) is 0 Å². The van der Waals surface area contributed by atoms with E-state index in [4.69, 9.17) is 5.26 Å². The predicted octanol–water partition coefficient (Wildman–Crippen LogP) is 3.24. The number of anilines is 1. The summed E-state index contributed by atoms with van der Waals surface area (Å²) in [4.78, 5) is 0.111. The van der Waals surface area contributed by atoms with Crippen LogP contribution in [0.15, 0.2) is 47.4 Å². The number of sulfonamides is 1. The van der Waals surface area contributed by atoms with Crippen LogP contribution < -0.4 is 4.72 Å². The molecule has 0 radical (unpaired) electrons. The number of nitrogens with one attached hydrogen (secondary N) is 1. The second-order valence-electron chi connectivity index (χ2n) is 5.40. The quantitative estimate of drug-likeness (QED) is 0.946. The number of benzene rings is 2. The number of fused-ring (bicyclic) bond motifs is 1. The summed E-state index contributed by atoms with van der Waals surface area (Å²) in [6, 6.07) is 13.8. The second-order valence-corrected chi connectivity index (χ2v) is 7.08. The van der Waals surface area contributed by atoms with E-state index in [0.29, 0.717) is 11.3 Å². The van der Waals surface area contributed by atoms with Gasteiger partial charge in [-0.3, -0.25) is 4.72 Å². The van der Waals surface area contributed by atoms with Crippen LogP contribution in [0, 0.1) is 11.3 Å². The molecule has 0 amide bonds. The Hall–Kier alpha value is -2.32. The minimum absolute atomic E-state index is 0.111. The molecule has 0 saturated heterocycles. The molecule has 1 aliphatic carbocycles. The summed E-state index contributed by atoms with van der Waals surface area (Å²) in [6.07, 6.45) is 4.12. The molecule has 1 N–H and O–H groups in total. The highest BCUT2D eigenvalue weighted by Crippen LogP contribution is 2.29. The zero-order chi connectivity index (χ0) is 15.6. The van der Waals surface area contributed by atoms with Gasteiger partial charge >= 0.3 is 0 Å². The SMILES string of the molecule is N#Cc1cccc(S(=O)(=O)Nc2cccc3c2CCCC3)c1. The Morgan fingerprint density at radius 2 is 1.82 bits per heavy atom. The van der Waals surface area contributed by atoms with E-state index in [0.717, 1.165) is 31.2 Å². The molecule has 0 aromatic heterocycles. The highest BCUT2D eigenvalue weighted by atomic mass is 32.2. The number of nitrogens with zero attached hydrogens (tertiary/aromatic N) is 1. The maximum Gasteiger partial charge on any atom is 0.261 e. The van der Waals surface area contributed by atoms with Gasteiger partial charge in [0.15, 0.2) is 0 Å². The third-order valence-corrected chi connectivity index (χ3v) is 5.28. The van der Waals surface area contributed by atoms with Crippen molar-refractivity contribution in [3.63, 3.8) is 0 Å². The summed E-state index contributed by atoms with van der Waals surface area (Å²) in [7, 11) is -3.68. The van der Waals surface area contributed by atoms with Gasteiger partial charge in [0.05, 0.1) is 22.2 Å². The molecule has 0 spiro atoms. The standard InChI is InChI=1S/C17H16N2O2S/c18-12-13-5-3-8-15(11-13)22(20,21)19-17-10-4-7-14-6-1-2-9-16(14)17/h3-5,7-8,10-11,19H,1-2,6,9H2. The Kier molecular flexibility index (Phi) is 3.86. The van der Waals surface area contributed by atoms with Crippen LogP contribution in [0.1, 0.15) is 29.5 Å². The monoisotopic (exact) mass is 312 g/mol. The van der Waals surface area contributed by atoms with Gasteiger partial charge < -0.3 is 0 Å². The number of hydrogen-bond acceptors (Lipinski definition) is 3. The van der Waals surface area contributed by atoms with Crippen LogP contribution in [0.25, 0.3) is 0 Å². The third kappa shape index (κ3) is 2.83. The van der Waals surface area contributed by atoms with Crippen LogP contribution in [0.2, 0.25) is 0 Å². The molecule has 5 heteroatoms. The minimum Gasteiger partial charge on any atom is -0.279 e. The van der Waals surface area contributed by atoms with Crippen molar-refractivity contribution in [3.05, 3.63) is 59.2 Å². The van der Waals surface area contributed by atoms with Gasteiger partial charge in [0.25, 0.3) is 10.0 Å². The Morgan fingerprint density at radius 1 is 1.05 bits per heavy atom. The van der Waals surface area contributed by atoms with Crippen molar-refractivity contribution in [3.8, 4) is 6.07 Å². The van der Waals surface area contributed by atoms with Gasteiger partial charge in [-0.05, 0) is 61.1 Å². The molecule has 2 aromatic carbocycles. The highest BCUT2D eigenvalue weighted by Gasteiger charge is 2.19. The first-order valence-corrected chi connectivity index (χ1v) is 8.72. The summed E-state index contributed by atoms with van der Waals surface area (Å²) in [5, 5.41) is 8.91. The molecule has 0 atom stereocenters. The van der Waals surface area contributed by atoms with E-state index in [-0.39, 0.29) is 4.90 Å². The summed E-state index contributed by atoms with van der Waals surface area (Å²) < 4.78 is 27.7. The third-order valence-electron chi connectivity index (χ3n) is 3.91. The van der Waals surface area contributed by atoms with E-state index in [9.17, 15) is 8.42 Å². The average Bonchev–Trinajstić information content (AvgIpc) is 2.55. The molecule has 1 aliphatic rings. The highest BCUT2D eigenvalue weighted by molar-refractivity contribution is 7.92. The molecule has 0 bridgehead atoms. The van der Waals surface area contributed by atoms with Gasteiger partial charge in [-0.1, -0.05) is 18.2 Å². The lowest BCUT2D eigenvalue weighted by Gasteiger charge is -2.20. The minimum atomic E-state index is -3.68. The maximum atomic E-state index is 12.5. The number of rotatable bonds is 3. The average molecular weight is 312 g/mol. The van der Waals surface area contributed by atoms with Crippen molar-refractivity contribution in [1.29, 1.82) is 5.26 Å². The first kappa shape index (κ1) is 14.6. The fourth-order valence-corrected chi connectivity index (χ4v) is 3.95. The summed E-state index contributed by atoms with van der Waals surface area (Å²) in [6.45, 7) is 0.